The molecule has 0 fully saturated rings. The fourth-order valence-electron chi connectivity index (χ4n) is 2.51. The van der Waals surface area contributed by atoms with E-state index in [1.165, 1.54) is 32.5 Å². The van der Waals surface area contributed by atoms with E-state index in [2.05, 4.69) is 5.32 Å². The number of hydrogen-bond acceptors (Lipinski definition) is 6. The lowest BCUT2D eigenvalue weighted by Gasteiger charge is -2.14. The molecule has 1 unspecified atom stereocenters. The van der Waals surface area contributed by atoms with E-state index in [9.17, 15) is 9.59 Å². The number of amides is 1. The Bertz CT molecular complexity index is 948. The molecule has 3 rings (SSSR count). The molecule has 0 spiro atoms. The highest BCUT2D eigenvalue weighted by atomic mass is 32.1. The van der Waals surface area contributed by atoms with E-state index in [-0.39, 0.29) is 0 Å². The molecule has 0 aliphatic heterocycles. The lowest BCUT2D eigenvalue weighted by molar-refractivity contribution is -0.123. The van der Waals surface area contributed by atoms with Crippen molar-refractivity contribution in [3.8, 4) is 11.5 Å². The van der Waals surface area contributed by atoms with Crippen LogP contribution in [0.25, 0.3) is 10.1 Å². The molecule has 0 saturated heterocycles. The summed E-state index contributed by atoms with van der Waals surface area (Å²) in [6.45, 7) is 1.53. The number of methoxy groups -OCH3 is 2. The molecular weight excluding hydrogens is 366 g/mol. The van der Waals surface area contributed by atoms with Crippen molar-refractivity contribution in [2.45, 2.75) is 13.0 Å². The average molecular weight is 385 g/mol. The minimum atomic E-state index is -0.948. The number of fused-ring (bicyclic) bond motifs is 1. The van der Waals surface area contributed by atoms with Gasteiger partial charge in [-0.25, -0.2) is 4.79 Å². The Balaban J connectivity index is 1.65. The van der Waals surface area contributed by atoms with Crippen LogP contribution in [0.4, 0.5) is 5.69 Å². The number of rotatable bonds is 6. The Hall–Kier alpha value is -3.06. The quantitative estimate of drug-likeness (QED) is 0.647. The molecule has 1 N–H and O–H groups in total. The molecule has 2 aromatic carbocycles. The zero-order chi connectivity index (χ0) is 19.4. The number of thiophene rings is 1. The van der Waals surface area contributed by atoms with Crippen LogP contribution in [0.15, 0.2) is 48.5 Å². The molecule has 0 radical (unpaired) electrons. The van der Waals surface area contributed by atoms with Crippen LogP contribution in [0.3, 0.4) is 0 Å². The second-order valence-electron chi connectivity index (χ2n) is 5.76. The lowest BCUT2D eigenvalue weighted by atomic mass is 10.2. The first kappa shape index (κ1) is 18.7. The number of anilines is 1. The molecule has 1 amide bonds. The predicted molar refractivity (Wildman–Crippen MR) is 105 cm³/mol. The van der Waals surface area contributed by atoms with Crippen LogP contribution < -0.4 is 14.8 Å². The third-order valence-corrected chi connectivity index (χ3v) is 5.03. The van der Waals surface area contributed by atoms with E-state index in [4.69, 9.17) is 14.2 Å². The van der Waals surface area contributed by atoms with Gasteiger partial charge in [-0.15, -0.1) is 11.3 Å². The van der Waals surface area contributed by atoms with Gasteiger partial charge in [0.2, 0.25) is 0 Å². The molecule has 0 saturated carbocycles. The van der Waals surface area contributed by atoms with Gasteiger partial charge in [-0.3, -0.25) is 4.79 Å². The first-order valence-corrected chi connectivity index (χ1v) is 9.06. The average Bonchev–Trinajstić information content (AvgIpc) is 3.12. The number of ether oxygens (including phenoxy) is 3. The van der Waals surface area contributed by atoms with E-state index >= 15 is 0 Å². The summed E-state index contributed by atoms with van der Waals surface area (Å²) in [5, 5.41) is 3.67. The summed E-state index contributed by atoms with van der Waals surface area (Å²) in [6, 6.07) is 14.4. The fraction of sp³-hybridized carbons (Fsp3) is 0.200. The van der Waals surface area contributed by atoms with E-state index in [1.54, 1.807) is 24.3 Å². The van der Waals surface area contributed by atoms with Gasteiger partial charge in [0.1, 0.15) is 4.88 Å². The summed E-state index contributed by atoms with van der Waals surface area (Å²) in [5.41, 5.74) is 0.516. The van der Waals surface area contributed by atoms with E-state index < -0.39 is 18.0 Å². The molecule has 0 aliphatic carbocycles. The molecule has 1 atom stereocenters. The number of benzene rings is 2. The standard InChI is InChI=1S/C20H19NO5S/c1-12(19(22)21-14-8-9-15(24-2)16(11-14)25-3)26-20(23)18-10-13-6-4-5-7-17(13)27-18/h4-12H,1-3H3,(H,21,22). The van der Waals surface area contributed by atoms with Crippen LogP contribution in [0.5, 0.6) is 11.5 Å². The second kappa shape index (κ2) is 8.09. The maximum atomic E-state index is 12.3. The monoisotopic (exact) mass is 385 g/mol. The molecule has 0 bridgehead atoms. The highest BCUT2D eigenvalue weighted by molar-refractivity contribution is 7.20. The zero-order valence-electron chi connectivity index (χ0n) is 15.1. The van der Waals surface area contributed by atoms with Crippen molar-refractivity contribution in [2.24, 2.45) is 0 Å². The maximum Gasteiger partial charge on any atom is 0.349 e. The maximum absolute atomic E-state index is 12.3. The van der Waals surface area contributed by atoms with Gasteiger partial charge in [0.25, 0.3) is 5.91 Å². The first-order chi connectivity index (χ1) is 13.0. The number of nitrogens with one attached hydrogen (secondary N) is 1. The molecule has 27 heavy (non-hydrogen) atoms. The molecule has 0 aliphatic rings. The van der Waals surface area contributed by atoms with E-state index in [1.807, 2.05) is 24.3 Å². The van der Waals surface area contributed by atoms with Gasteiger partial charge in [0, 0.05) is 16.5 Å². The molecule has 1 aromatic heterocycles. The van der Waals surface area contributed by atoms with E-state index in [0.29, 0.717) is 22.1 Å². The Labute approximate surface area is 160 Å². The third kappa shape index (κ3) is 4.20. The van der Waals surface area contributed by atoms with Gasteiger partial charge in [-0.2, -0.15) is 0 Å². The Kier molecular flexibility index (Phi) is 5.61. The number of esters is 1. The highest BCUT2D eigenvalue weighted by Crippen LogP contribution is 2.30. The van der Waals surface area contributed by atoms with Gasteiger partial charge >= 0.3 is 5.97 Å². The van der Waals surface area contributed by atoms with Crippen LogP contribution in [0.2, 0.25) is 0 Å². The lowest BCUT2D eigenvalue weighted by Crippen LogP contribution is -2.29. The van der Waals surface area contributed by atoms with Gasteiger partial charge in [0.15, 0.2) is 17.6 Å². The van der Waals surface area contributed by atoms with Crippen molar-refractivity contribution >= 4 is 39.0 Å². The normalized spacial score (nSPS) is 11.7. The van der Waals surface area contributed by atoms with Crippen LogP contribution in [-0.4, -0.2) is 32.2 Å². The van der Waals surface area contributed by atoms with Gasteiger partial charge in [-0.1, -0.05) is 18.2 Å². The Morgan fingerprint density at radius 2 is 1.74 bits per heavy atom. The number of carbonyl (C=O) groups is 2. The van der Waals surface area contributed by atoms with Crippen LogP contribution in [-0.2, 0) is 9.53 Å². The minimum absolute atomic E-state index is 0.434. The Morgan fingerprint density at radius 1 is 1.00 bits per heavy atom. The first-order valence-electron chi connectivity index (χ1n) is 8.24. The van der Waals surface area contributed by atoms with Crippen LogP contribution in [0, 0.1) is 0 Å². The number of hydrogen-bond donors (Lipinski definition) is 1. The largest absolute Gasteiger partial charge is 0.493 e. The van der Waals surface area contributed by atoms with Crippen molar-refractivity contribution in [3.63, 3.8) is 0 Å². The summed E-state index contributed by atoms with van der Waals surface area (Å²) < 4.78 is 16.7. The summed E-state index contributed by atoms with van der Waals surface area (Å²) >= 11 is 1.34. The fourth-order valence-corrected chi connectivity index (χ4v) is 3.46. The summed E-state index contributed by atoms with van der Waals surface area (Å²) in [7, 11) is 3.05. The smallest absolute Gasteiger partial charge is 0.349 e. The van der Waals surface area contributed by atoms with E-state index in [0.717, 1.165) is 10.1 Å². The Morgan fingerprint density at radius 3 is 2.44 bits per heavy atom. The molecule has 3 aromatic rings. The summed E-state index contributed by atoms with van der Waals surface area (Å²) in [4.78, 5) is 25.1. The van der Waals surface area contributed by atoms with Crippen molar-refractivity contribution in [2.75, 3.05) is 19.5 Å². The molecule has 140 valence electrons. The van der Waals surface area contributed by atoms with Crippen molar-refractivity contribution in [3.05, 3.63) is 53.4 Å². The van der Waals surface area contributed by atoms with Gasteiger partial charge in [0.05, 0.1) is 14.2 Å². The number of carbonyl (C=O) groups excluding carboxylic acids is 2. The summed E-state index contributed by atoms with van der Waals surface area (Å²) in [6.07, 6.45) is -0.948. The van der Waals surface area contributed by atoms with Crippen molar-refractivity contribution in [1.82, 2.24) is 0 Å². The van der Waals surface area contributed by atoms with Crippen LogP contribution in [0.1, 0.15) is 16.6 Å². The zero-order valence-corrected chi connectivity index (χ0v) is 16.0. The van der Waals surface area contributed by atoms with Gasteiger partial charge in [-0.05, 0) is 36.6 Å². The minimum Gasteiger partial charge on any atom is -0.493 e. The molecular formula is C20H19NO5S. The third-order valence-electron chi connectivity index (χ3n) is 3.93. The molecule has 7 heteroatoms. The predicted octanol–water partition coefficient (Wildman–Crippen LogP) is 4.10. The van der Waals surface area contributed by atoms with Crippen LogP contribution >= 0.6 is 11.3 Å². The SMILES string of the molecule is COc1ccc(NC(=O)C(C)OC(=O)c2cc3ccccc3s2)cc1OC. The van der Waals surface area contributed by atoms with Gasteiger partial charge < -0.3 is 19.5 Å². The second-order valence-corrected chi connectivity index (χ2v) is 6.84. The summed E-state index contributed by atoms with van der Waals surface area (Å²) in [5.74, 6) is 0.0906. The van der Waals surface area contributed by atoms with Crippen molar-refractivity contribution in [1.29, 1.82) is 0 Å². The molecule has 1 heterocycles. The topological polar surface area (TPSA) is 73.9 Å². The van der Waals surface area contributed by atoms with Crippen molar-refractivity contribution < 1.29 is 23.8 Å². The highest BCUT2D eigenvalue weighted by Gasteiger charge is 2.21. The molecule has 6 nitrogen and oxygen atoms in total.